The van der Waals surface area contributed by atoms with Crippen LogP contribution in [0.2, 0.25) is 0 Å². The van der Waals surface area contributed by atoms with Crippen molar-refractivity contribution < 1.29 is 23.9 Å². The van der Waals surface area contributed by atoms with Crippen molar-refractivity contribution in [1.82, 2.24) is 10.2 Å². The monoisotopic (exact) mass is 415 g/mol. The number of hydrogen-bond donors (Lipinski definition) is 2. The van der Waals surface area contributed by atoms with E-state index in [-0.39, 0.29) is 36.0 Å². The van der Waals surface area contributed by atoms with E-state index >= 15 is 0 Å². The summed E-state index contributed by atoms with van der Waals surface area (Å²) in [5.74, 6) is 0.770. The summed E-state index contributed by atoms with van der Waals surface area (Å²) in [5.41, 5.74) is 0.977. The molecule has 1 aromatic rings. The first-order chi connectivity index (χ1) is 14.4. The highest BCUT2D eigenvalue weighted by molar-refractivity contribution is 5.99. The van der Waals surface area contributed by atoms with Crippen molar-refractivity contribution in [2.45, 2.75) is 57.3 Å². The summed E-state index contributed by atoms with van der Waals surface area (Å²) in [6, 6.07) is 4.92. The lowest BCUT2D eigenvalue weighted by Crippen LogP contribution is -2.54. The molecule has 2 aliphatic heterocycles. The molecule has 4 rings (SSSR count). The number of nitrogens with one attached hydrogen (secondary N) is 2. The third-order valence-corrected chi connectivity index (χ3v) is 6.03. The third-order valence-electron chi connectivity index (χ3n) is 6.03. The van der Waals surface area contributed by atoms with E-state index in [4.69, 9.17) is 9.47 Å². The van der Waals surface area contributed by atoms with Gasteiger partial charge in [-0.25, -0.2) is 0 Å². The number of fused-ring (bicyclic) bond motifs is 2. The smallest absolute Gasteiger partial charge is 0.257 e. The average Bonchev–Trinajstić information content (AvgIpc) is 3.54. The Bertz CT molecular complexity index is 838. The van der Waals surface area contributed by atoms with Crippen LogP contribution in [0.1, 0.15) is 49.4 Å². The first-order valence-corrected chi connectivity index (χ1v) is 10.6. The molecule has 0 radical (unpaired) electrons. The molecule has 2 fully saturated rings. The lowest BCUT2D eigenvalue weighted by Gasteiger charge is -2.42. The number of anilines is 1. The molecule has 0 spiro atoms. The fourth-order valence-corrected chi connectivity index (χ4v) is 4.17. The van der Waals surface area contributed by atoms with Gasteiger partial charge in [0.2, 0.25) is 11.8 Å². The number of nitrogens with zero attached hydrogens (tertiary/aromatic N) is 1. The second-order valence-corrected chi connectivity index (χ2v) is 8.51. The molecule has 0 unspecified atom stereocenters. The highest BCUT2D eigenvalue weighted by Crippen LogP contribution is 2.32. The molecule has 8 nitrogen and oxygen atoms in total. The van der Waals surface area contributed by atoms with Crippen LogP contribution in [0, 0.1) is 5.92 Å². The van der Waals surface area contributed by atoms with Crippen LogP contribution < -0.4 is 15.4 Å². The van der Waals surface area contributed by atoms with Gasteiger partial charge >= 0.3 is 0 Å². The van der Waals surface area contributed by atoms with Crippen LogP contribution in [0.5, 0.6) is 5.75 Å². The molecule has 30 heavy (non-hydrogen) atoms. The van der Waals surface area contributed by atoms with Crippen molar-refractivity contribution in [3.05, 3.63) is 23.8 Å². The van der Waals surface area contributed by atoms with E-state index in [2.05, 4.69) is 10.6 Å². The van der Waals surface area contributed by atoms with E-state index in [1.54, 1.807) is 30.1 Å². The molecule has 1 aromatic carbocycles. The minimum Gasteiger partial charge on any atom is -0.490 e. The Morgan fingerprint density at radius 3 is 2.73 bits per heavy atom. The summed E-state index contributed by atoms with van der Waals surface area (Å²) >= 11 is 0. The van der Waals surface area contributed by atoms with Crippen LogP contribution in [-0.4, -0.2) is 61.1 Å². The third kappa shape index (κ3) is 4.75. The summed E-state index contributed by atoms with van der Waals surface area (Å²) in [6.45, 7) is 2.48. The standard InChI is InChI=1S/C22H29N3O5/c1-13(26)24-15-5-8-19-17(9-15)22(28)25(2)18-7-6-16(30-20(18)12-29-19)10-21(27)23-11-14-3-4-14/h5,8-9,14,16,18,20H,3-4,6-7,10-12H2,1-2H3,(H,23,27)(H,24,26)/t16-,18-,20+/m1/s1. The molecule has 162 valence electrons. The second kappa shape index (κ2) is 8.63. The van der Waals surface area contributed by atoms with Crippen molar-refractivity contribution in [2.75, 3.05) is 25.5 Å². The normalized spacial score (nSPS) is 25.9. The maximum Gasteiger partial charge on any atom is 0.257 e. The lowest BCUT2D eigenvalue weighted by molar-refractivity contribution is -0.134. The van der Waals surface area contributed by atoms with Gasteiger partial charge in [0.1, 0.15) is 18.5 Å². The molecule has 3 aliphatic rings. The maximum atomic E-state index is 13.1. The predicted octanol–water partition coefficient (Wildman–Crippen LogP) is 1.94. The SMILES string of the molecule is CC(=O)Nc1ccc2c(c1)C(=O)N(C)[C@@H]1CC[C@H](CC(=O)NCC3CC3)O[C@H]1CO2. The van der Waals surface area contributed by atoms with Crippen molar-refractivity contribution in [2.24, 2.45) is 5.92 Å². The molecule has 1 saturated carbocycles. The van der Waals surface area contributed by atoms with Crippen molar-refractivity contribution >= 4 is 23.4 Å². The zero-order valence-electron chi connectivity index (χ0n) is 17.5. The molecule has 0 bridgehead atoms. The van der Waals surface area contributed by atoms with Crippen LogP contribution in [0.25, 0.3) is 0 Å². The van der Waals surface area contributed by atoms with Crippen molar-refractivity contribution in [3.63, 3.8) is 0 Å². The lowest BCUT2D eigenvalue weighted by atomic mass is 9.94. The van der Waals surface area contributed by atoms with E-state index in [0.29, 0.717) is 42.4 Å². The largest absolute Gasteiger partial charge is 0.490 e. The van der Waals surface area contributed by atoms with Gasteiger partial charge in [-0.2, -0.15) is 0 Å². The zero-order chi connectivity index (χ0) is 21.3. The fourth-order valence-electron chi connectivity index (χ4n) is 4.17. The summed E-state index contributed by atoms with van der Waals surface area (Å²) in [4.78, 5) is 38.3. The molecular formula is C22H29N3O5. The Morgan fingerprint density at radius 2 is 2.00 bits per heavy atom. The molecule has 0 aromatic heterocycles. The first kappa shape index (κ1) is 20.7. The molecule has 2 heterocycles. The molecular weight excluding hydrogens is 386 g/mol. The van der Waals surface area contributed by atoms with Gasteiger partial charge in [-0.05, 0) is 49.8 Å². The predicted molar refractivity (Wildman–Crippen MR) is 110 cm³/mol. The quantitative estimate of drug-likeness (QED) is 0.766. The molecule has 3 atom stereocenters. The highest BCUT2D eigenvalue weighted by Gasteiger charge is 2.39. The number of likely N-dealkylation sites (N-methyl/N-ethyl adjacent to an activating group) is 1. The van der Waals surface area contributed by atoms with E-state index in [9.17, 15) is 14.4 Å². The number of amides is 3. The molecule has 2 N–H and O–H groups in total. The number of ether oxygens (including phenoxy) is 2. The Labute approximate surface area is 176 Å². The van der Waals surface area contributed by atoms with Gasteiger partial charge in [0.15, 0.2) is 0 Å². The second-order valence-electron chi connectivity index (χ2n) is 8.51. The van der Waals surface area contributed by atoms with Crippen LogP contribution in [0.4, 0.5) is 5.69 Å². The fraction of sp³-hybridized carbons (Fsp3) is 0.591. The van der Waals surface area contributed by atoms with E-state index in [1.807, 2.05) is 0 Å². The Morgan fingerprint density at radius 1 is 1.20 bits per heavy atom. The van der Waals surface area contributed by atoms with Crippen LogP contribution in [0.15, 0.2) is 18.2 Å². The summed E-state index contributed by atoms with van der Waals surface area (Å²) in [5, 5.41) is 5.69. The molecule has 8 heteroatoms. The Balaban J connectivity index is 1.43. The van der Waals surface area contributed by atoms with Gasteiger partial charge in [-0.15, -0.1) is 0 Å². The molecule has 1 aliphatic carbocycles. The average molecular weight is 415 g/mol. The van der Waals surface area contributed by atoms with Crippen LogP contribution in [-0.2, 0) is 14.3 Å². The summed E-state index contributed by atoms with van der Waals surface area (Å²) in [6.07, 6.45) is 3.75. The van der Waals surface area contributed by atoms with Gasteiger partial charge in [0, 0.05) is 26.2 Å². The topological polar surface area (TPSA) is 97.0 Å². The summed E-state index contributed by atoms with van der Waals surface area (Å²) in [7, 11) is 1.77. The maximum absolute atomic E-state index is 13.1. The van der Waals surface area contributed by atoms with E-state index in [0.717, 1.165) is 13.0 Å². The van der Waals surface area contributed by atoms with Crippen molar-refractivity contribution in [3.8, 4) is 5.75 Å². The van der Waals surface area contributed by atoms with Gasteiger partial charge in [-0.3, -0.25) is 14.4 Å². The van der Waals surface area contributed by atoms with Gasteiger partial charge < -0.3 is 25.0 Å². The van der Waals surface area contributed by atoms with E-state index < -0.39 is 0 Å². The first-order valence-electron chi connectivity index (χ1n) is 10.6. The van der Waals surface area contributed by atoms with Crippen molar-refractivity contribution in [1.29, 1.82) is 0 Å². The molecule has 1 saturated heterocycles. The Kier molecular flexibility index (Phi) is 5.94. The number of hydrogen-bond acceptors (Lipinski definition) is 5. The minimum atomic E-state index is -0.294. The van der Waals surface area contributed by atoms with Crippen LogP contribution in [0.3, 0.4) is 0 Å². The number of rotatable bonds is 5. The molecule has 3 amide bonds. The van der Waals surface area contributed by atoms with Crippen LogP contribution >= 0.6 is 0 Å². The summed E-state index contributed by atoms with van der Waals surface area (Å²) < 4.78 is 12.1. The van der Waals surface area contributed by atoms with Gasteiger partial charge in [-0.1, -0.05) is 0 Å². The minimum absolute atomic E-state index is 0.0254. The highest BCUT2D eigenvalue weighted by atomic mass is 16.5. The zero-order valence-corrected chi connectivity index (χ0v) is 17.5. The van der Waals surface area contributed by atoms with Gasteiger partial charge in [0.05, 0.1) is 24.1 Å². The number of carbonyl (C=O) groups excluding carboxylic acids is 3. The number of benzene rings is 1. The van der Waals surface area contributed by atoms with E-state index in [1.165, 1.54) is 19.8 Å². The van der Waals surface area contributed by atoms with Gasteiger partial charge in [0.25, 0.3) is 5.91 Å². The number of carbonyl (C=O) groups is 3. The Hall–Kier alpha value is -2.61.